The molecule has 0 unspecified atom stereocenters. The van der Waals surface area contributed by atoms with Crippen molar-refractivity contribution in [3.8, 4) is 11.5 Å². The Bertz CT molecular complexity index is 922. The number of anilines is 1. The van der Waals surface area contributed by atoms with Crippen LogP contribution in [0.15, 0.2) is 36.4 Å². The molecule has 0 atom stereocenters. The molecule has 0 aliphatic carbocycles. The van der Waals surface area contributed by atoms with Gasteiger partial charge in [0.1, 0.15) is 21.7 Å². The molecule has 25 heavy (non-hydrogen) atoms. The summed E-state index contributed by atoms with van der Waals surface area (Å²) in [4.78, 5) is 12.2. The molecule has 0 saturated heterocycles. The third kappa shape index (κ3) is 3.70. The van der Waals surface area contributed by atoms with Crippen molar-refractivity contribution < 1.29 is 18.8 Å². The predicted molar refractivity (Wildman–Crippen MR) is 99.9 cm³/mol. The van der Waals surface area contributed by atoms with Crippen LogP contribution in [0.5, 0.6) is 11.5 Å². The fourth-order valence-electron chi connectivity index (χ4n) is 2.51. The number of nitrogens with one attached hydrogen (secondary N) is 1. The Morgan fingerprint density at radius 2 is 1.88 bits per heavy atom. The van der Waals surface area contributed by atoms with Gasteiger partial charge in [-0.3, -0.25) is 0 Å². The Labute approximate surface area is 154 Å². The van der Waals surface area contributed by atoms with Crippen molar-refractivity contribution in [2.75, 3.05) is 19.0 Å². The molecule has 1 aromatic heterocycles. The van der Waals surface area contributed by atoms with Gasteiger partial charge in [0.15, 0.2) is 6.61 Å². The number of methoxy groups -OCH3 is 1. The van der Waals surface area contributed by atoms with Crippen LogP contribution in [0.25, 0.3) is 10.2 Å². The molecule has 7 heteroatoms. The minimum atomic E-state index is -0.230. The minimum absolute atomic E-state index is 0.0761. The lowest BCUT2D eigenvalue weighted by atomic mass is 10.2. The van der Waals surface area contributed by atoms with Gasteiger partial charge in [-0.2, -0.15) is 5.32 Å². The molecule has 1 heterocycles. The summed E-state index contributed by atoms with van der Waals surface area (Å²) in [5, 5.41) is 4.28. The van der Waals surface area contributed by atoms with E-state index in [-0.39, 0.29) is 12.5 Å². The molecule has 0 aliphatic heterocycles. The van der Waals surface area contributed by atoms with E-state index in [0.29, 0.717) is 10.8 Å². The van der Waals surface area contributed by atoms with Gasteiger partial charge in [0, 0.05) is 0 Å². The summed E-state index contributed by atoms with van der Waals surface area (Å²) in [5.74, 6) is 1.11. The van der Waals surface area contributed by atoms with E-state index < -0.39 is 0 Å². The van der Waals surface area contributed by atoms with E-state index in [1.54, 1.807) is 31.4 Å². The molecule has 0 saturated carbocycles. The van der Waals surface area contributed by atoms with Crippen molar-refractivity contribution in [3.63, 3.8) is 0 Å². The predicted octanol–water partition coefficient (Wildman–Crippen LogP) is 3.71. The number of benzene rings is 2. The maximum atomic E-state index is 12.2. The van der Waals surface area contributed by atoms with Crippen LogP contribution in [0, 0.1) is 6.92 Å². The van der Waals surface area contributed by atoms with E-state index in [2.05, 4.69) is 5.32 Å². The molecule has 3 rings (SSSR count). The summed E-state index contributed by atoms with van der Waals surface area (Å²) in [6, 6.07) is 10.9. The van der Waals surface area contributed by atoms with Crippen LogP contribution in [0.4, 0.5) is 5.13 Å². The molecule has 0 spiro atoms. The first kappa shape index (κ1) is 17.5. The van der Waals surface area contributed by atoms with Gasteiger partial charge in [0.2, 0.25) is 0 Å². The third-order valence-corrected chi connectivity index (χ3v) is 5.41. The average molecular weight is 378 g/mol. The second-order valence-corrected chi connectivity index (χ2v) is 6.93. The van der Waals surface area contributed by atoms with Crippen LogP contribution in [-0.2, 0) is 11.8 Å². The number of ether oxygens (including phenoxy) is 2. The summed E-state index contributed by atoms with van der Waals surface area (Å²) >= 11 is 7.71. The van der Waals surface area contributed by atoms with E-state index in [0.717, 1.165) is 26.7 Å². The highest BCUT2D eigenvalue weighted by molar-refractivity contribution is 7.22. The lowest BCUT2D eigenvalue weighted by Crippen LogP contribution is -2.33. The normalized spacial score (nSPS) is 10.7. The highest BCUT2D eigenvalue weighted by Crippen LogP contribution is 2.32. The fourth-order valence-corrected chi connectivity index (χ4v) is 3.93. The quantitative estimate of drug-likeness (QED) is 0.689. The maximum Gasteiger partial charge on any atom is 0.345 e. The molecular weight excluding hydrogens is 360 g/mol. The standard InChI is InChI=1S/C18H17ClN2O3S/c1-11-4-9-14(19)17-16(11)21(2)18(25-17)20-15(22)10-24-13-7-5-12(23-3)6-8-13/h4-9H,10H2,1-3H3/p+1. The lowest BCUT2D eigenvalue weighted by Gasteiger charge is -2.05. The Morgan fingerprint density at radius 1 is 1.20 bits per heavy atom. The zero-order valence-electron chi connectivity index (χ0n) is 14.1. The Hall–Kier alpha value is -2.31. The number of carbonyl (C=O) groups is 1. The van der Waals surface area contributed by atoms with Gasteiger partial charge in [0.05, 0.1) is 19.2 Å². The second kappa shape index (κ2) is 7.29. The molecule has 1 amide bonds. The number of carbonyl (C=O) groups excluding carboxylic acids is 1. The Kier molecular flexibility index (Phi) is 5.11. The Balaban J connectivity index is 1.70. The van der Waals surface area contributed by atoms with Gasteiger partial charge in [0.25, 0.3) is 0 Å². The topological polar surface area (TPSA) is 51.4 Å². The number of aryl methyl sites for hydroxylation is 2. The van der Waals surface area contributed by atoms with Crippen molar-refractivity contribution in [2.45, 2.75) is 6.92 Å². The van der Waals surface area contributed by atoms with Gasteiger partial charge < -0.3 is 9.47 Å². The summed E-state index contributed by atoms with van der Waals surface area (Å²) in [7, 11) is 3.50. The molecular formula is C18H18ClN2O3S+. The molecule has 2 aromatic carbocycles. The summed E-state index contributed by atoms with van der Waals surface area (Å²) in [5.41, 5.74) is 2.12. The first-order valence-electron chi connectivity index (χ1n) is 7.64. The van der Waals surface area contributed by atoms with Crippen LogP contribution in [-0.4, -0.2) is 19.6 Å². The molecule has 3 aromatic rings. The highest BCUT2D eigenvalue weighted by Gasteiger charge is 2.21. The molecule has 0 bridgehead atoms. The summed E-state index contributed by atoms with van der Waals surface area (Å²) < 4.78 is 13.5. The van der Waals surface area contributed by atoms with Crippen molar-refractivity contribution in [2.24, 2.45) is 7.05 Å². The van der Waals surface area contributed by atoms with Gasteiger partial charge >= 0.3 is 11.0 Å². The number of aromatic nitrogens is 1. The van der Waals surface area contributed by atoms with Crippen LogP contribution >= 0.6 is 22.9 Å². The molecule has 0 aliphatic rings. The van der Waals surface area contributed by atoms with Crippen LogP contribution < -0.4 is 19.4 Å². The van der Waals surface area contributed by atoms with Crippen molar-refractivity contribution >= 4 is 44.2 Å². The Morgan fingerprint density at radius 3 is 2.52 bits per heavy atom. The number of fused-ring (bicyclic) bond motifs is 1. The van der Waals surface area contributed by atoms with Crippen LogP contribution in [0.2, 0.25) is 5.02 Å². The fraction of sp³-hybridized carbons (Fsp3) is 0.222. The number of halogens is 1. The highest BCUT2D eigenvalue weighted by atomic mass is 35.5. The van der Waals surface area contributed by atoms with Gasteiger partial charge in [-0.05, 0) is 54.2 Å². The van der Waals surface area contributed by atoms with Gasteiger partial charge in [-0.15, -0.1) is 0 Å². The number of hydrogen-bond acceptors (Lipinski definition) is 4. The SMILES string of the molecule is COc1ccc(OCC(=O)Nc2sc3c(Cl)ccc(C)c3[n+]2C)cc1. The maximum absolute atomic E-state index is 12.2. The van der Waals surface area contributed by atoms with E-state index >= 15 is 0 Å². The first-order chi connectivity index (χ1) is 12.0. The van der Waals surface area contributed by atoms with Gasteiger partial charge in [-0.25, -0.2) is 9.36 Å². The molecule has 5 nitrogen and oxygen atoms in total. The van der Waals surface area contributed by atoms with Crippen LogP contribution in [0.3, 0.4) is 0 Å². The number of thiazole rings is 1. The average Bonchev–Trinajstić information content (AvgIpc) is 2.94. The van der Waals surface area contributed by atoms with Crippen molar-refractivity contribution in [3.05, 3.63) is 47.0 Å². The molecule has 0 fully saturated rings. The number of amides is 1. The number of rotatable bonds is 5. The molecule has 0 radical (unpaired) electrons. The number of nitrogens with zero attached hydrogens (tertiary/aromatic N) is 1. The summed E-state index contributed by atoms with van der Waals surface area (Å²) in [6.07, 6.45) is 0. The lowest BCUT2D eigenvalue weighted by molar-refractivity contribution is -0.626. The van der Waals surface area contributed by atoms with Crippen molar-refractivity contribution in [1.82, 2.24) is 0 Å². The van der Waals surface area contributed by atoms with Crippen LogP contribution in [0.1, 0.15) is 5.56 Å². The van der Waals surface area contributed by atoms with E-state index in [9.17, 15) is 4.79 Å². The molecule has 1 N–H and O–H groups in total. The summed E-state index contributed by atoms with van der Waals surface area (Å²) in [6.45, 7) is 1.94. The zero-order valence-corrected chi connectivity index (χ0v) is 15.7. The largest absolute Gasteiger partial charge is 0.497 e. The number of hydrogen-bond donors (Lipinski definition) is 1. The third-order valence-electron chi connectivity index (χ3n) is 3.80. The first-order valence-corrected chi connectivity index (χ1v) is 8.83. The smallest absolute Gasteiger partial charge is 0.345 e. The molecule has 130 valence electrons. The van der Waals surface area contributed by atoms with Crippen molar-refractivity contribution in [1.29, 1.82) is 0 Å². The monoisotopic (exact) mass is 377 g/mol. The second-order valence-electron chi connectivity index (χ2n) is 5.52. The minimum Gasteiger partial charge on any atom is -0.497 e. The van der Waals surface area contributed by atoms with Gasteiger partial charge in [-0.1, -0.05) is 17.7 Å². The van der Waals surface area contributed by atoms with E-state index in [4.69, 9.17) is 21.1 Å². The van der Waals surface area contributed by atoms with E-state index in [1.807, 2.05) is 30.7 Å². The zero-order chi connectivity index (χ0) is 18.0. The van der Waals surface area contributed by atoms with E-state index in [1.165, 1.54) is 11.3 Å².